The molecule has 0 atom stereocenters. The first-order valence-corrected chi connectivity index (χ1v) is 9.50. The van der Waals surface area contributed by atoms with Crippen LogP contribution in [0.1, 0.15) is 24.2 Å². The van der Waals surface area contributed by atoms with Crippen LogP contribution in [-0.4, -0.2) is 46.2 Å². The molecule has 4 rings (SSSR count). The summed E-state index contributed by atoms with van der Waals surface area (Å²) in [5.74, 6) is 1.37. The monoisotopic (exact) mass is 363 g/mol. The van der Waals surface area contributed by atoms with Crippen LogP contribution < -0.4 is 4.74 Å². The van der Waals surface area contributed by atoms with Crippen molar-refractivity contribution in [1.82, 2.24) is 14.9 Å². The molecule has 27 heavy (non-hydrogen) atoms. The Kier molecular flexibility index (Phi) is 5.05. The van der Waals surface area contributed by atoms with Gasteiger partial charge in [0, 0.05) is 19.6 Å². The number of likely N-dealkylation sites (tertiary alicyclic amines) is 1. The average molecular weight is 363 g/mol. The summed E-state index contributed by atoms with van der Waals surface area (Å²) in [5.41, 5.74) is 1.22. The minimum Gasteiger partial charge on any atom is -0.476 e. The lowest BCUT2D eigenvalue weighted by Gasteiger charge is -2.38. The van der Waals surface area contributed by atoms with Gasteiger partial charge in [0.05, 0.1) is 16.5 Å². The number of aliphatic hydroxyl groups is 1. The van der Waals surface area contributed by atoms with Crippen LogP contribution in [0.25, 0.3) is 10.9 Å². The van der Waals surface area contributed by atoms with Crippen molar-refractivity contribution in [3.63, 3.8) is 0 Å². The fourth-order valence-corrected chi connectivity index (χ4v) is 3.72. The van der Waals surface area contributed by atoms with Gasteiger partial charge in [0.25, 0.3) is 0 Å². The van der Waals surface area contributed by atoms with Crippen LogP contribution in [0.15, 0.2) is 54.6 Å². The van der Waals surface area contributed by atoms with E-state index in [1.165, 1.54) is 0 Å². The van der Waals surface area contributed by atoms with Gasteiger partial charge in [-0.25, -0.2) is 4.98 Å². The van der Waals surface area contributed by atoms with Crippen molar-refractivity contribution in [3.05, 3.63) is 66.0 Å². The molecule has 0 radical (unpaired) electrons. The smallest absolute Gasteiger partial charge is 0.224 e. The normalized spacial score (nSPS) is 17.1. The van der Waals surface area contributed by atoms with Gasteiger partial charge in [-0.15, -0.1) is 0 Å². The molecule has 0 unspecified atom stereocenters. The van der Waals surface area contributed by atoms with Crippen molar-refractivity contribution in [2.24, 2.45) is 0 Å². The molecule has 1 N–H and O–H groups in total. The van der Waals surface area contributed by atoms with Gasteiger partial charge in [-0.3, -0.25) is 4.90 Å². The molecule has 1 aromatic heterocycles. The molecule has 3 aromatic rings. The van der Waals surface area contributed by atoms with Gasteiger partial charge in [0.2, 0.25) is 5.88 Å². The first-order valence-electron chi connectivity index (χ1n) is 9.50. The zero-order valence-electron chi connectivity index (χ0n) is 15.6. The molecule has 1 fully saturated rings. The van der Waals surface area contributed by atoms with E-state index in [2.05, 4.69) is 14.9 Å². The summed E-state index contributed by atoms with van der Waals surface area (Å²) in [6.07, 6.45) is 1.49. The number of fused-ring (bicyclic) bond motifs is 1. The average Bonchev–Trinajstić information content (AvgIpc) is 2.70. The molecule has 5 heteroatoms. The Hall–Kier alpha value is -2.50. The van der Waals surface area contributed by atoms with Gasteiger partial charge in [0.1, 0.15) is 12.4 Å². The fraction of sp³-hybridized carbons (Fsp3) is 0.364. The van der Waals surface area contributed by atoms with Crippen LogP contribution in [-0.2, 0) is 5.60 Å². The zero-order chi connectivity index (χ0) is 18.7. The van der Waals surface area contributed by atoms with E-state index in [-0.39, 0.29) is 0 Å². The molecule has 2 aromatic carbocycles. The van der Waals surface area contributed by atoms with Gasteiger partial charge in [-0.1, -0.05) is 42.5 Å². The molecule has 140 valence electrons. The maximum absolute atomic E-state index is 10.9. The van der Waals surface area contributed by atoms with Crippen molar-refractivity contribution in [2.45, 2.75) is 25.4 Å². The number of para-hydroxylation sites is 1. The van der Waals surface area contributed by atoms with E-state index in [0.717, 1.165) is 54.8 Å². The van der Waals surface area contributed by atoms with Crippen LogP contribution in [0.5, 0.6) is 5.88 Å². The lowest BCUT2D eigenvalue weighted by molar-refractivity contribution is -0.0278. The third kappa shape index (κ3) is 3.94. The van der Waals surface area contributed by atoms with Crippen molar-refractivity contribution in [1.29, 1.82) is 0 Å². The number of aryl methyl sites for hydroxylation is 1. The predicted octanol–water partition coefficient (Wildman–Crippen LogP) is 3.30. The molecule has 0 amide bonds. The summed E-state index contributed by atoms with van der Waals surface area (Å²) >= 11 is 0. The Bertz CT molecular complexity index is 906. The minimum atomic E-state index is -0.710. The highest BCUT2D eigenvalue weighted by Gasteiger charge is 2.33. The van der Waals surface area contributed by atoms with Crippen LogP contribution in [0, 0.1) is 6.92 Å². The summed E-state index contributed by atoms with van der Waals surface area (Å²) in [5, 5.41) is 11.9. The molecule has 0 bridgehead atoms. The first-order chi connectivity index (χ1) is 13.1. The SMILES string of the molecule is Cc1nc(OCCN2CCC(O)(c3ccccc3)CC2)c2ccccc2n1. The predicted molar refractivity (Wildman–Crippen MR) is 106 cm³/mol. The molecular formula is C22H25N3O2. The Morgan fingerprint density at radius 3 is 2.48 bits per heavy atom. The first kappa shape index (κ1) is 17.9. The summed E-state index contributed by atoms with van der Waals surface area (Å²) < 4.78 is 5.98. The molecule has 1 aliphatic rings. The number of hydrogen-bond acceptors (Lipinski definition) is 5. The number of aromatic nitrogens is 2. The Labute approximate surface area is 159 Å². The van der Waals surface area contributed by atoms with E-state index < -0.39 is 5.60 Å². The van der Waals surface area contributed by atoms with E-state index in [1.54, 1.807) is 0 Å². The quantitative estimate of drug-likeness (QED) is 0.754. The van der Waals surface area contributed by atoms with Gasteiger partial charge in [0.15, 0.2) is 0 Å². The zero-order valence-corrected chi connectivity index (χ0v) is 15.6. The highest BCUT2D eigenvalue weighted by molar-refractivity contribution is 5.83. The summed E-state index contributed by atoms with van der Waals surface area (Å²) in [6.45, 7) is 5.00. The maximum atomic E-state index is 10.9. The number of ether oxygens (including phenoxy) is 1. The molecule has 0 spiro atoms. The second-order valence-corrected chi connectivity index (χ2v) is 7.18. The summed E-state index contributed by atoms with van der Waals surface area (Å²) in [6, 6.07) is 17.9. The van der Waals surface area contributed by atoms with Crippen LogP contribution in [0.3, 0.4) is 0 Å². The maximum Gasteiger partial charge on any atom is 0.224 e. The lowest BCUT2D eigenvalue weighted by Crippen LogP contribution is -2.43. The van der Waals surface area contributed by atoms with E-state index in [9.17, 15) is 5.11 Å². The minimum absolute atomic E-state index is 0.574. The van der Waals surface area contributed by atoms with Crippen molar-refractivity contribution in [2.75, 3.05) is 26.2 Å². The van der Waals surface area contributed by atoms with E-state index in [0.29, 0.717) is 12.5 Å². The molecule has 2 heterocycles. The highest BCUT2D eigenvalue weighted by atomic mass is 16.5. The van der Waals surface area contributed by atoms with Gasteiger partial charge in [-0.2, -0.15) is 4.98 Å². The molecule has 5 nitrogen and oxygen atoms in total. The standard InChI is InChI=1S/C22H25N3O2/c1-17-23-20-10-6-5-9-19(20)21(24-17)27-16-15-25-13-11-22(26,12-14-25)18-7-3-2-4-8-18/h2-10,26H,11-16H2,1H3. The number of benzene rings is 2. The van der Waals surface area contributed by atoms with E-state index in [4.69, 9.17) is 4.74 Å². The van der Waals surface area contributed by atoms with E-state index in [1.807, 2.05) is 61.5 Å². The van der Waals surface area contributed by atoms with Crippen molar-refractivity contribution < 1.29 is 9.84 Å². The topological polar surface area (TPSA) is 58.5 Å². The second kappa shape index (κ2) is 7.62. The van der Waals surface area contributed by atoms with E-state index >= 15 is 0 Å². The second-order valence-electron chi connectivity index (χ2n) is 7.18. The number of hydrogen-bond donors (Lipinski definition) is 1. The third-order valence-electron chi connectivity index (χ3n) is 5.32. The summed E-state index contributed by atoms with van der Waals surface area (Å²) in [4.78, 5) is 11.2. The van der Waals surface area contributed by atoms with Crippen LogP contribution in [0.4, 0.5) is 0 Å². The highest BCUT2D eigenvalue weighted by Crippen LogP contribution is 2.32. The third-order valence-corrected chi connectivity index (χ3v) is 5.32. The Morgan fingerprint density at radius 2 is 1.70 bits per heavy atom. The van der Waals surface area contributed by atoms with Gasteiger partial charge in [-0.05, 0) is 37.5 Å². The number of piperidine rings is 1. The van der Waals surface area contributed by atoms with Gasteiger partial charge < -0.3 is 9.84 Å². The molecule has 0 aliphatic carbocycles. The molecule has 0 saturated carbocycles. The van der Waals surface area contributed by atoms with Crippen LogP contribution >= 0.6 is 0 Å². The number of nitrogens with zero attached hydrogens (tertiary/aromatic N) is 3. The number of rotatable bonds is 5. The summed E-state index contributed by atoms with van der Waals surface area (Å²) in [7, 11) is 0. The Balaban J connectivity index is 1.34. The van der Waals surface area contributed by atoms with Crippen molar-refractivity contribution >= 4 is 10.9 Å². The molecular weight excluding hydrogens is 338 g/mol. The van der Waals surface area contributed by atoms with Crippen molar-refractivity contribution in [3.8, 4) is 5.88 Å². The molecule has 1 saturated heterocycles. The van der Waals surface area contributed by atoms with Crippen LogP contribution in [0.2, 0.25) is 0 Å². The largest absolute Gasteiger partial charge is 0.476 e. The molecule has 1 aliphatic heterocycles. The Morgan fingerprint density at radius 1 is 1.00 bits per heavy atom. The van der Waals surface area contributed by atoms with Gasteiger partial charge >= 0.3 is 0 Å². The lowest BCUT2D eigenvalue weighted by atomic mass is 9.84. The fourth-order valence-electron chi connectivity index (χ4n) is 3.72.